The molecule has 8 heteroatoms. The van der Waals surface area contributed by atoms with Crippen LogP contribution in [0.4, 0.5) is 13.2 Å². The van der Waals surface area contributed by atoms with Crippen molar-refractivity contribution in [2.75, 3.05) is 7.11 Å². The third-order valence-corrected chi connectivity index (χ3v) is 4.64. The quantitative estimate of drug-likeness (QED) is 0.525. The van der Waals surface area contributed by atoms with Gasteiger partial charge in [0.15, 0.2) is 5.83 Å². The van der Waals surface area contributed by atoms with Crippen LogP contribution >= 0.6 is 0 Å². The first-order chi connectivity index (χ1) is 13.2. The van der Waals surface area contributed by atoms with Crippen molar-refractivity contribution in [1.82, 2.24) is 0 Å². The summed E-state index contributed by atoms with van der Waals surface area (Å²) in [5.41, 5.74) is 0.513. The predicted octanol–water partition coefficient (Wildman–Crippen LogP) is 4.51. The van der Waals surface area contributed by atoms with E-state index in [-0.39, 0.29) is 47.3 Å². The molecule has 0 bridgehead atoms. The first-order valence-electron chi connectivity index (χ1n) is 8.42. The Morgan fingerprint density at radius 2 is 2.00 bits per heavy atom. The summed E-state index contributed by atoms with van der Waals surface area (Å²) in [5, 5.41) is 9.54. The monoisotopic (exact) mass is 393 g/mol. The van der Waals surface area contributed by atoms with E-state index in [0.29, 0.717) is 6.42 Å². The van der Waals surface area contributed by atoms with Crippen LogP contribution < -0.4 is 0 Å². The fraction of sp³-hybridized carbons (Fsp3) is 0.350. The Morgan fingerprint density at radius 1 is 1.32 bits per heavy atom. The number of esters is 2. The number of carbonyl (C=O) groups is 2. The number of halogens is 3. The summed E-state index contributed by atoms with van der Waals surface area (Å²) in [6.07, 6.45) is -0.485. The van der Waals surface area contributed by atoms with Gasteiger partial charge in [0.25, 0.3) is 0 Å². The average Bonchev–Trinajstić information content (AvgIpc) is 3.05. The summed E-state index contributed by atoms with van der Waals surface area (Å²) in [4.78, 5) is 23.3. The minimum atomic E-state index is -2.51. The molecule has 148 valence electrons. The van der Waals surface area contributed by atoms with Crippen molar-refractivity contribution in [1.29, 1.82) is 5.26 Å². The summed E-state index contributed by atoms with van der Waals surface area (Å²) in [6, 6.07) is 1.83. The third kappa shape index (κ3) is 4.09. The predicted molar refractivity (Wildman–Crippen MR) is 94.0 cm³/mol. The van der Waals surface area contributed by atoms with Gasteiger partial charge in [-0.2, -0.15) is 14.0 Å². The Balaban J connectivity index is 2.59. The number of methoxy groups -OCH3 is 1. The zero-order valence-electron chi connectivity index (χ0n) is 15.6. The number of benzene rings is 1. The summed E-state index contributed by atoms with van der Waals surface area (Å²) < 4.78 is 49.9. The molecule has 1 aliphatic rings. The molecule has 0 unspecified atom stereocenters. The Labute approximate surface area is 160 Å². The van der Waals surface area contributed by atoms with Crippen molar-refractivity contribution in [3.63, 3.8) is 0 Å². The molecule has 1 aromatic rings. The van der Waals surface area contributed by atoms with Crippen LogP contribution in [0.3, 0.4) is 0 Å². The minimum Gasteiger partial charge on any atom is -0.469 e. The van der Waals surface area contributed by atoms with Gasteiger partial charge in [-0.15, -0.1) is 0 Å². The first kappa shape index (κ1) is 21.2. The lowest BCUT2D eigenvalue weighted by Crippen LogP contribution is -2.08. The maximum Gasteiger partial charge on any atom is 0.340 e. The van der Waals surface area contributed by atoms with E-state index < -0.39 is 29.4 Å². The molecule has 0 atom stereocenters. The topological polar surface area (TPSA) is 76.4 Å². The third-order valence-electron chi connectivity index (χ3n) is 4.64. The van der Waals surface area contributed by atoms with E-state index in [2.05, 4.69) is 4.74 Å². The van der Waals surface area contributed by atoms with Crippen molar-refractivity contribution >= 4 is 17.8 Å². The smallest absolute Gasteiger partial charge is 0.340 e. The molecule has 0 spiro atoms. The minimum absolute atomic E-state index is 0.00794. The zero-order chi connectivity index (χ0) is 21.0. The van der Waals surface area contributed by atoms with Crippen LogP contribution in [0.5, 0.6) is 0 Å². The summed E-state index contributed by atoms with van der Waals surface area (Å²) in [6.45, 7) is 2.93. The fourth-order valence-corrected chi connectivity index (χ4v) is 3.11. The van der Waals surface area contributed by atoms with Gasteiger partial charge in [-0.1, -0.05) is 11.6 Å². The Bertz CT molecular complexity index is 938. The molecule has 0 aromatic heterocycles. The number of hydrogen-bond donors (Lipinski definition) is 0. The van der Waals surface area contributed by atoms with E-state index in [9.17, 15) is 28.0 Å². The standard InChI is InChI=1S/C20H18F3NO4/c1-10(5-7-15(25)27-3)4-6-12-13(8-24)17-14(9-28-20(17)26)11(2)16(12)18(21)19(22)23/h4H,5-7,9H2,1-3H3. The molecule has 0 saturated heterocycles. The van der Waals surface area contributed by atoms with E-state index in [0.717, 1.165) is 5.57 Å². The van der Waals surface area contributed by atoms with Gasteiger partial charge in [0.05, 0.1) is 18.2 Å². The highest BCUT2D eigenvalue weighted by atomic mass is 19.3. The molecule has 0 saturated carbocycles. The Morgan fingerprint density at radius 3 is 2.57 bits per heavy atom. The molecule has 0 N–H and O–H groups in total. The number of allylic oxidation sites excluding steroid dienone is 2. The van der Waals surface area contributed by atoms with Crippen LogP contribution in [0.1, 0.15) is 57.9 Å². The van der Waals surface area contributed by atoms with Gasteiger partial charge in [-0.25, -0.2) is 9.18 Å². The number of fused-ring (bicyclic) bond motifs is 1. The number of carbonyl (C=O) groups excluding carboxylic acids is 2. The highest BCUT2D eigenvalue weighted by molar-refractivity contribution is 5.98. The highest BCUT2D eigenvalue weighted by Gasteiger charge is 2.33. The van der Waals surface area contributed by atoms with Gasteiger partial charge in [0.2, 0.25) is 0 Å². The lowest BCUT2D eigenvalue weighted by atomic mass is 9.86. The summed E-state index contributed by atoms with van der Waals surface area (Å²) >= 11 is 0. The lowest BCUT2D eigenvalue weighted by molar-refractivity contribution is -0.140. The summed E-state index contributed by atoms with van der Waals surface area (Å²) in [7, 11) is 1.26. The number of nitrogens with zero attached hydrogens (tertiary/aromatic N) is 1. The van der Waals surface area contributed by atoms with E-state index in [4.69, 9.17) is 4.74 Å². The normalized spacial score (nSPS) is 12.9. The molecule has 28 heavy (non-hydrogen) atoms. The van der Waals surface area contributed by atoms with Gasteiger partial charge in [0, 0.05) is 17.5 Å². The molecule has 5 nitrogen and oxygen atoms in total. The number of ether oxygens (including phenoxy) is 2. The van der Waals surface area contributed by atoms with E-state index in [1.165, 1.54) is 14.0 Å². The van der Waals surface area contributed by atoms with Crippen molar-refractivity contribution in [2.45, 2.75) is 39.7 Å². The number of nitriles is 1. The van der Waals surface area contributed by atoms with Gasteiger partial charge >= 0.3 is 18.0 Å². The van der Waals surface area contributed by atoms with Crippen molar-refractivity contribution in [3.8, 4) is 6.07 Å². The lowest BCUT2D eigenvalue weighted by Gasteiger charge is -2.15. The van der Waals surface area contributed by atoms with Crippen LogP contribution in [-0.2, 0) is 27.3 Å². The molecule has 2 rings (SSSR count). The molecule has 0 amide bonds. The van der Waals surface area contributed by atoms with Crippen molar-refractivity contribution < 1.29 is 32.2 Å². The van der Waals surface area contributed by atoms with E-state index >= 15 is 0 Å². The maximum atomic E-state index is 14.3. The van der Waals surface area contributed by atoms with Crippen LogP contribution in [0.2, 0.25) is 0 Å². The second-order valence-corrected chi connectivity index (χ2v) is 6.30. The largest absolute Gasteiger partial charge is 0.469 e. The molecular weight excluding hydrogens is 375 g/mol. The Kier molecular flexibility index (Phi) is 6.62. The number of hydrogen-bond acceptors (Lipinski definition) is 5. The van der Waals surface area contributed by atoms with Gasteiger partial charge in [-0.05, 0) is 37.8 Å². The van der Waals surface area contributed by atoms with Crippen LogP contribution in [0, 0.1) is 18.3 Å². The van der Waals surface area contributed by atoms with Crippen LogP contribution in [0.25, 0.3) is 5.83 Å². The SMILES string of the molecule is COC(=O)CCC(C)=CCc1c(C#N)c2c(c(C)c1C(F)=C(F)F)COC2=O. The van der Waals surface area contributed by atoms with Gasteiger partial charge in [0.1, 0.15) is 12.7 Å². The molecule has 0 radical (unpaired) electrons. The average molecular weight is 393 g/mol. The maximum absolute atomic E-state index is 14.3. The van der Waals surface area contributed by atoms with Crippen LogP contribution in [-0.4, -0.2) is 19.0 Å². The van der Waals surface area contributed by atoms with E-state index in [1.807, 2.05) is 6.07 Å². The van der Waals surface area contributed by atoms with Gasteiger partial charge in [-0.3, -0.25) is 4.79 Å². The molecule has 1 heterocycles. The first-order valence-corrected chi connectivity index (χ1v) is 8.42. The zero-order valence-corrected chi connectivity index (χ0v) is 15.6. The second kappa shape index (κ2) is 8.74. The molecule has 0 fully saturated rings. The number of cyclic esters (lactones) is 1. The fourth-order valence-electron chi connectivity index (χ4n) is 3.11. The molecular formula is C20H18F3NO4. The summed E-state index contributed by atoms with van der Waals surface area (Å²) in [5.74, 6) is -2.87. The van der Waals surface area contributed by atoms with Crippen molar-refractivity contribution in [2.24, 2.45) is 0 Å². The highest BCUT2D eigenvalue weighted by Crippen LogP contribution is 2.38. The number of rotatable bonds is 6. The second-order valence-electron chi connectivity index (χ2n) is 6.30. The molecule has 1 aromatic carbocycles. The van der Waals surface area contributed by atoms with Gasteiger partial charge < -0.3 is 9.47 Å². The van der Waals surface area contributed by atoms with E-state index in [1.54, 1.807) is 13.0 Å². The molecule has 0 aliphatic carbocycles. The Hall–Kier alpha value is -3.08. The molecule has 1 aliphatic heterocycles. The van der Waals surface area contributed by atoms with Crippen LogP contribution in [0.15, 0.2) is 17.7 Å². The van der Waals surface area contributed by atoms with Crippen molar-refractivity contribution in [3.05, 3.63) is 51.1 Å².